The lowest BCUT2D eigenvalue weighted by Gasteiger charge is -2.13. The van der Waals surface area contributed by atoms with Crippen molar-refractivity contribution in [2.75, 3.05) is 12.4 Å². The van der Waals surface area contributed by atoms with Crippen LogP contribution in [-0.2, 0) is 11.3 Å². The Labute approximate surface area is 163 Å². The van der Waals surface area contributed by atoms with Crippen molar-refractivity contribution in [3.05, 3.63) is 63.9 Å². The predicted molar refractivity (Wildman–Crippen MR) is 98.7 cm³/mol. The second kappa shape index (κ2) is 7.85. The number of hydrogen-bond donors (Lipinski definition) is 2. The van der Waals surface area contributed by atoms with Gasteiger partial charge in [0.25, 0.3) is 0 Å². The highest BCUT2D eigenvalue weighted by Gasteiger charge is 2.21. The van der Waals surface area contributed by atoms with Crippen LogP contribution in [0.1, 0.15) is 16.2 Å². The molecule has 0 aliphatic rings. The fourth-order valence-electron chi connectivity index (χ4n) is 2.36. The van der Waals surface area contributed by atoms with E-state index in [-0.39, 0.29) is 33.5 Å². The van der Waals surface area contributed by atoms with E-state index in [4.69, 9.17) is 32.4 Å². The number of carbonyl (C=O) groups is 1. The van der Waals surface area contributed by atoms with Gasteiger partial charge >= 0.3 is 5.97 Å². The predicted octanol–water partition coefficient (Wildman–Crippen LogP) is 4.89. The zero-order chi connectivity index (χ0) is 19.6. The first-order chi connectivity index (χ1) is 12.9. The van der Waals surface area contributed by atoms with E-state index in [2.05, 4.69) is 10.3 Å². The third-order valence-electron chi connectivity index (χ3n) is 3.71. The molecule has 9 heteroatoms. The van der Waals surface area contributed by atoms with E-state index in [9.17, 15) is 14.3 Å². The van der Waals surface area contributed by atoms with Gasteiger partial charge in [-0.15, -0.1) is 0 Å². The molecule has 0 aliphatic heterocycles. The average Bonchev–Trinajstić information content (AvgIpc) is 3.18. The highest BCUT2D eigenvalue weighted by Crippen LogP contribution is 2.36. The smallest absolute Gasteiger partial charge is 0.358 e. The van der Waals surface area contributed by atoms with Crippen molar-refractivity contribution in [3.8, 4) is 17.0 Å². The van der Waals surface area contributed by atoms with E-state index >= 15 is 0 Å². The highest BCUT2D eigenvalue weighted by atomic mass is 35.5. The normalized spacial score (nSPS) is 10.7. The maximum Gasteiger partial charge on any atom is 0.358 e. The summed E-state index contributed by atoms with van der Waals surface area (Å²) in [5, 5.41) is 12.6. The molecule has 3 rings (SSSR count). The maximum atomic E-state index is 14.4. The summed E-state index contributed by atoms with van der Waals surface area (Å²) in [6.07, 6.45) is 1.52. The number of anilines is 1. The summed E-state index contributed by atoms with van der Waals surface area (Å²) in [5.74, 6) is -1.85. The van der Waals surface area contributed by atoms with E-state index in [1.807, 2.05) is 0 Å². The number of phenolic OH excluding ortho intramolecular Hbond substituents is 1. The molecule has 0 saturated carbocycles. The highest BCUT2D eigenvalue weighted by molar-refractivity contribution is 6.36. The molecule has 0 fully saturated rings. The van der Waals surface area contributed by atoms with Crippen LogP contribution in [0.2, 0.25) is 10.0 Å². The van der Waals surface area contributed by atoms with Crippen LogP contribution in [-0.4, -0.2) is 23.2 Å². The molecule has 2 N–H and O–H groups in total. The first-order valence-electron chi connectivity index (χ1n) is 7.64. The SMILES string of the molecule is COC(=O)c1nc(-c2ccc(Cl)c(O)c2F)cc(NCc2ccco2)c1Cl. The number of esters is 1. The van der Waals surface area contributed by atoms with Crippen molar-refractivity contribution >= 4 is 34.9 Å². The molecule has 1 aromatic carbocycles. The van der Waals surface area contributed by atoms with Gasteiger partial charge in [0.05, 0.1) is 41.3 Å². The van der Waals surface area contributed by atoms with Crippen molar-refractivity contribution in [1.29, 1.82) is 0 Å². The van der Waals surface area contributed by atoms with Crippen LogP contribution in [0.4, 0.5) is 10.1 Å². The number of benzene rings is 1. The third-order valence-corrected chi connectivity index (χ3v) is 4.40. The molecule has 0 unspecified atom stereocenters. The maximum absolute atomic E-state index is 14.4. The van der Waals surface area contributed by atoms with Gasteiger partial charge in [0, 0.05) is 5.56 Å². The summed E-state index contributed by atoms with van der Waals surface area (Å²) < 4.78 is 24.4. The molecule has 0 bridgehead atoms. The Morgan fingerprint density at radius 3 is 2.81 bits per heavy atom. The lowest BCUT2D eigenvalue weighted by Crippen LogP contribution is -2.09. The number of aromatic hydroxyl groups is 1. The van der Waals surface area contributed by atoms with E-state index in [0.717, 1.165) is 0 Å². The minimum absolute atomic E-state index is 0.00995. The molecule has 0 atom stereocenters. The Bertz CT molecular complexity index is 994. The van der Waals surface area contributed by atoms with E-state index in [0.29, 0.717) is 11.4 Å². The van der Waals surface area contributed by atoms with Crippen molar-refractivity contribution in [2.24, 2.45) is 0 Å². The van der Waals surface area contributed by atoms with E-state index in [1.54, 1.807) is 12.1 Å². The average molecular weight is 411 g/mol. The van der Waals surface area contributed by atoms with Gasteiger partial charge in [0.1, 0.15) is 5.76 Å². The molecule has 0 amide bonds. The summed E-state index contributed by atoms with van der Waals surface area (Å²) in [6.45, 7) is 0.269. The summed E-state index contributed by atoms with van der Waals surface area (Å²) in [4.78, 5) is 16.1. The topological polar surface area (TPSA) is 84.6 Å². The van der Waals surface area contributed by atoms with Crippen LogP contribution in [0.15, 0.2) is 41.0 Å². The lowest BCUT2D eigenvalue weighted by atomic mass is 10.1. The van der Waals surface area contributed by atoms with Crippen molar-refractivity contribution in [3.63, 3.8) is 0 Å². The van der Waals surface area contributed by atoms with Crippen LogP contribution in [0.3, 0.4) is 0 Å². The molecule has 2 heterocycles. The van der Waals surface area contributed by atoms with E-state index in [1.165, 1.54) is 31.6 Å². The number of nitrogens with zero attached hydrogens (tertiary/aromatic N) is 1. The number of carbonyl (C=O) groups excluding carboxylic acids is 1. The second-order valence-corrected chi connectivity index (χ2v) is 6.18. The number of rotatable bonds is 5. The van der Waals surface area contributed by atoms with Crippen molar-refractivity contribution in [1.82, 2.24) is 4.98 Å². The summed E-state index contributed by atoms with van der Waals surface area (Å²) in [6, 6.07) is 7.58. The zero-order valence-electron chi connectivity index (χ0n) is 13.9. The number of ether oxygens (including phenoxy) is 1. The monoisotopic (exact) mass is 410 g/mol. The Morgan fingerprint density at radius 1 is 1.37 bits per heavy atom. The summed E-state index contributed by atoms with van der Waals surface area (Å²) in [7, 11) is 1.18. The number of phenols is 1. The second-order valence-electron chi connectivity index (χ2n) is 5.40. The van der Waals surface area contributed by atoms with Gasteiger partial charge in [0.15, 0.2) is 17.3 Å². The molecule has 0 spiro atoms. The Balaban J connectivity index is 2.09. The Morgan fingerprint density at radius 2 is 2.15 bits per heavy atom. The van der Waals surface area contributed by atoms with E-state index < -0.39 is 17.5 Å². The first kappa shape index (κ1) is 19.0. The molecular formula is C18H13Cl2FN2O4. The molecule has 2 aromatic heterocycles. The molecule has 0 radical (unpaired) electrons. The summed E-state index contributed by atoms with van der Waals surface area (Å²) >= 11 is 12.0. The van der Waals surface area contributed by atoms with Gasteiger partial charge in [0.2, 0.25) is 0 Å². The van der Waals surface area contributed by atoms with Crippen molar-refractivity contribution in [2.45, 2.75) is 6.54 Å². The van der Waals surface area contributed by atoms with Crippen LogP contribution in [0.25, 0.3) is 11.3 Å². The first-order valence-corrected chi connectivity index (χ1v) is 8.40. The molecular weight excluding hydrogens is 398 g/mol. The molecule has 27 heavy (non-hydrogen) atoms. The fourth-order valence-corrected chi connectivity index (χ4v) is 2.75. The van der Waals surface area contributed by atoms with Crippen molar-refractivity contribution < 1.29 is 23.4 Å². The fraction of sp³-hybridized carbons (Fsp3) is 0.111. The van der Waals surface area contributed by atoms with Crippen LogP contribution < -0.4 is 5.32 Å². The number of furan rings is 1. The van der Waals surface area contributed by atoms with Crippen LogP contribution in [0.5, 0.6) is 5.75 Å². The van der Waals surface area contributed by atoms with Crippen LogP contribution >= 0.6 is 23.2 Å². The third kappa shape index (κ3) is 3.84. The minimum atomic E-state index is -0.967. The molecule has 140 valence electrons. The van der Waals surface area contributed by atoms with Gasteiger partial charge < -0.3 is 19.6 Å². The Kier molecular flexibility index (Phi) is 5.53. The number of methoxy groups -OCH3 is 1. The number of halogens is 3. The van der Waals surface area contributed by atoms with Gasteiger partial charge in [-0.3, -0.25) is 0 Å². The number of aromatic nitrogens is 1. The standard InChI is InChI=1S/C18H13Cl2FN2O4/c1-26-18(25)16-14(20)13(22-8-9-3-2-6-27-9)7-12(23-16)10-4-5-11(19)17(24)15(10)21/h2-7,24H,8H2,1H3,(H,22,23). The number of nitrogens with one attached hydrogen (secondary N) is 1. The van der Waals surface area contributed by atoms with Crippen LogP contribution in [0, 0.1) is 5.82 Å². The Hall–Kier alpha value is -2.77. The number of pyridine rings is 1. The molecule has 3 aromatic rings. The van der Waals surface area contributed by atoms with Gasteiger partial charge in [-0.2, -0.15) is 0 Å². The largest absolute Gasteiger partial charge is 0.504 e. The molecule has 0 saturated heterocycles. The number of hydrogen-bond acceptors (Lipinski definition) is 6. The minimum Gasteiger partial charge on any atom is -0.504 e. The lowest BCUT2D eigenvalue weighted by molar-refractivity contribution is 0.0594. The van der Waals surface area contributed by atoms with Gasteiger partial charge in [-0.1, -0.05) is 23.2 Å². The van der Waals surface area contributed by atoms with Gasteiger partial charge in [-0.25, -0.2) is 14.2 Å². The molecule has 6 nitrogen and oxygen atoms in total. The summed E-state index contributed by atoms with van der Waals surface area (Å²) in [5.41, 5.74) is 0.116. The quantitative estimate of drug-likeness (QED) is 0.582. The zero-order valence-corrected chi connectivity index (χ0v) is 15.4. The molecule has 0 aliphatic carbocycles. The van der Waals surface area contributed by atoms with Gasteiger partial charge in [-0.05, 0) is 30.3 Å².